The van der Waals surface area contributed by atoms with E-state index in [-0.39, 0.29) is 12.7 Å². The molecule has 0 saturated carbocycles. The predicted octanol–water partition coefficient (Wildman–Crippen LogP) is 2.55. The number of nitrogens with one attached hydrogen (secondary N) is 2. The Hall–Kier alpha value is -3.06. The van der Waals surface area contributed by atoms with Gasteiger partial charge < -0.3 is 19.2 Å². The first-order chi connectivity index (χ1) is 12.7. The Morgan fingerprint density at radius 3 is 2.96 bits per heavy atom. The summed E-state index contributed by atoms with van der Waals surface area (Å²) in [5.41, 5.74) is 4.96. The van der Waals surface area contributed by atoms with Crippen molar-refractivity contribution in [2.75, 3.05) is 18.7 Å². The second kappa shape index (κ2) is 6.03. The number of carbonyl (C=O) groups excluding carboxylic acids is 1. The monoisotopic (exact) mass is 351 g/mol. The fourth-order valence-corrected chi connectivity index (χ4v) is 3.35. The van der Waals surface area contributed by atoms with Crippen LogP contribution in [0.1, 0.15) is 16.7 Å². The number of fused-ring (bicyclic) bond motifs is 3. The van der Waals surface area contributed by atoms with Crippen LogP contribution in [0.4, 0.5) is 5.95 Å². The van der Waals surface area contributed by atoms with Crippen LogP contribution in [0, 0.1) is 0 Å². The van der Waals surface area contributed by atoms with E-state index in [1.54, 1.807) is 6.07 Å². The highest BCUT2D eigenvalue weighted by Crippen LogP contribution is 2.35. The molecule has 2 aliphatic heterocycles. The molecule has 26 heavy (non-hydrogen) atoms. The largest absolute Gasteiger partial charge is 0.454 e. The first-order valence-corrected chi connectivity index (χ1v) is 8.52. The van der Waals surface area contributed by atoms with Gasteiger partial charge in [0.1, 0.15) is 0 Å². The van der Waals surface area contributed by atoms with Crippen LogP contribution < -0.4 is 14.8 Å². The summed E-state index contributed by atoms with van der Waals surface area (Å²) in [7, 11) is 0. The SMILES string of the molecule is O=C(Cc1ccc2c(c1)CCOC2)Nc1nc2cc3c(cc2[nH]1)OCO3. The van der Waals surface area contributed by atoms with Gasteiger partial charge in [0, 0.05) is 12.1 Å². The van der Waals surface area contributed by atoms with Crippen molar-refractivity contribution in [2.45, 2.75) is 19.4 Å². The van der Waals surface area contributed by atoms with E-state index in [0.717, 1.165) is 29.6 Å². The van der Waals surface area contributed by atoms with Crippen LogP contribution >= 0.6 is 0 Å². The van der Waals surface area contributed by atoms with Gasteiger partial charge in [-0.15, -0.1) is 0 Å². The van der Waals surface area contributed by atoms with E-state index in [4.69, 9.17) is 14.2 Å². The second-order valence-electron chi connectivity index (χ2n) is 6.44. The highest BCUT2D eigenvalue weighted by atomic mass is 16.7. The van der Waals surface area contributed by atoms with Gasteiger partial charge in [-0.1, -0.05) is 18.2 Å². The number of carbonyl (C=O) groups is 1. The van der Waals surface area contributed by atoms with Crippen LogP contribution in [-0.4, -0.2) is 29.3 Å². The van der Waals surface area contributed by atoms with Gasteiger partial charge in [-0.2, -0.15) is 0 Å². The summed E-state index contributed by atoms with van der Waals surface area (Å²) in [6.07, 6.45) is 1.19. The molecule has 0 bridgehead atoms. The number of anilines is 1. The molecule has 3 aromatic rings. The molecule has 1 amide bonds. The van der Waals surface area contributed by atoms with Crippen LogP contribution in [0.2, 0.25) is 0 Å². The maximum Gasteiger partial charge on any atom is 0.231 e. The van der Waals surface area contributed by atoms with Crippen molar-refractivity contribution >= 4 is 22.9 Å². The molecule has 0 radical (unpaired) electrons. The van der Waals surface area contributed by atoms with Crippen LogP contribution in [-0.2, 0) is 29.0 Å². The van der Waals surface area contributed by atoms with Gasteiger partial charge in [-0.05, 0) is 23.1 Å². The van der Waals surface area contributed by atoms with E-state index in [1.807, 2.05) is 18.2 Å². The zero-order valence-electron chi connectivity index (χ0n) is 14.0. The number of H-pyrrole nitrogens is 1. The van der Waals surface area contributed by atoms with Crippen molar-refractivity contribution in [1.29, 1.82) is 0 Å². The van der Waals surface area contributed by atoms with Crippen molar-refractivity contribution in [3.05, 3.63) is 47.0 Å². The Balaban J connectivity index is 1.31. The fraction of sp³-hybridized carbons (Fsp3) is 0.263. The van der Waals surface area contributed by atoms with Gasteiger partial charge in [-0.3, -0.25) is 10.1 Å². The Morgan fingerprint density at radius 2 is 2.04 bits per heavy atom. The minimum atomic E-state index is -0.115. The third kappa shape index (κ3) is 2.76. The summed E-state index contributed by atoms with van der Waals surface area (Å²) < 4.78 is 16.1. The predicted molar refractivity (Wildman–Crippen MR) is 94.4 cm³/mol. The third-order valence-corrected chi connectivity index (χ3v) is 4.64. The summed E-state index contributed by atoms with van der Waals surface area (Å²) in [5.74, 6) is 1.65. The van der Waals surface area contributed by atoms with E-state index in [0.29, 0.717) is 30.5 Å². The molecule has 0 unspecified atom stereocenters. The van der Waals surface area contributed by atoms with E-state index in [1.165, 1.54) is 11.1 Å². The minimum Gasteiger partial charge on any atom is -0.454 e. The summed E-state index contributed by atoms with van der Waals surface area (Å²) in [4.78, 5) is 19.9. The number of hydrogen-bond donors (Lipinski definition) is 2. The molecule has 5 rings (SSSR count). The van der Waals surface area contributed by atoms with E-state index < -0.39 is 0 Å². The Morgan fingerprint density at radius 1 is 1.15 bits per heavy atom. The van der Waals surface area contributed by atoms with E-state index in [9.17, 15) is 4.79 Å². The highest BCUT2D eigenvalue weighted by Gasteiger charge is 2.17. The van der Waals surface area contributed by atoms with Crippen molar-refractivity contribution in [3.8, 4) is 11.5 Å². The molecule has 0 saturated heterocycles. The lowest BCUT2D eigenvalue weighted by Crippen LogP contribution is -2.16. The maximum atomic E-state index is 12.4. The number of hydrogen-bond acceptors (Lipinski definition) is 5. The van der Waals surface area contributed by atoms with Crippen LogP contribution in [0.5, 0.6) is 11.5 Å². The van der Waals surface area contributed by atoms with Crippen molar-refractivity contribution in [1.82, 2.24) is 9.97 Å². The highest BCUT2D eigenvalue weighted by molar-refractivity contribution is 5.93. The molecule has 0 atom stereocenters. The van der Waals surface area contributed by atoms with Gasteiger partial charge in [0.25, 0.3) is 0 Å². The molecule has 0 fully saturated rings. The number of nitrogens with zero attached hydrogens (tertiary/aromatic N) is 1. The quantitative estimate of drug-likeness (QED) is 0.757. The molecule has 1 aromatic heterocycles. The van der Waals surface area contributed by atoms with Crippen molar-refractivity contribution in [2.24, 2.45) is 0 Å². The fourth-order valence-electron chi connectivity index (χ4n) is 3.35. The molecule has 7 nitrogen and oxygen atoms in total. The Labute approximate surface area is 149 Å². The number of benzene rings is 2. The molecule has 2 aliphatic rings. The molecular formula is C19H17N3O4. The van der Waals surface area contributed by atoms with Gasteiger partial charge in [0.2, 0.25) is 18.6 Å². The molecule has 0 aliphatic carbocycles. The average Bonchev–Trinajstić information content (AvgIpc) is 3.24. The summed E-state index contributed by atoms with van der Waals surface area (Å²) in [6, 6.07) is 9.74. The summed E-state index contributed by atoms with van der Waals surface area (Å²) in [5, 5.41) is 2.82. The van der Waals surface area contributed by atoms with Gasteiger partial charge in [-0.25, -0.2) is 4.98 Å². The van der Waals surface area contributed by atoms with Crippen molar-refractivity contribution in [3.63, 3.8) is 0 Å². The minimum absolute atomic E-state index is 0.115. The topological polar surface area (TPSA) is 85.5 Å². The first-order valence-electron chi connectivity index (χ1n) is 8.52. The Bertz CT molecular complexity index is 970. The Kier molecular flexibility index (Phi) is 3.53. The molecule has 2 aromatic carbocycles. The number of rotatable bonds is 3. The molecule has 3 heterocycles. The lowest BCUT2D eigenvalue weighted by atomic mass is 9.99. The number of imidazole rings is 1. The number of amides is 1. The summed E-state index contributed by atoms with van der Waals surface area (Å²) in [6.45, 7) is 1.61. The van der Waals surface area contributed by atoms with Crippen molar-refractivity contribution < 1.29 is 19.0 Å². The molecule has 132 valence electrons. The van der Waals surface area contributed by atoms with E-state index >= 15 is 0 Å². The average molecular weight is 351 g/mol. The zero-order valence-corrected chi connectivity index (χ0v) is 14.0. The van der Waals surface area contributed by atoms with E-state index in [2.05, 4.69) is 21.4 Å². The summed E-state index contributed by atoms with van der Waals surface area (Å²) >= 11 is 0. The second-order valence-corrected chi connectivity index (χ2v) is 6.44. The normalized spacial score (nSPS) is 15.1. The van der Waals surface area contributed by atoms with Gasteiger partial charge >= 0.3 is 0 Å². The standard InChI is InChI=1S/C19H17N3O4/c23-18(6-11-1-2-13-9-24-4-3-12(13)5-11)22-19-20-14-7-16-17(26-10-25-16)8-15(14)21-19/h1-2,5,7-8H,3-4,6,9-10H2,(H2,20,21,22,23). The molecule has 0 spiro atoms. The molecule has 2 N–H and O–H groups in total. The molecule has 7 heteroatoms. The zero-order chi connectivity index (χ0) is 17.5. The number of aromatic nitrogens is 2. The number of aromatic amines is 1. The smallest absolute Gasteiger partial charge is 0.231 e. The lowest BCUT2D eigenvalue weighted by molar-refractivity contribution is -0.115. The number of ether oxygens (including phenoxy) is 3. The lowest BCUT2D eigenvalue weighted by Gasteiger charge is -2.17. The van der Waals surface area contributed by atoms with Gasteiger partial charge in [0.05, 0.1) is 30.7 Å². The van der Waals surface area contributed by atoms with Crippen LogP contribution in [0.3, 0.4) is 0 Å². The van der Waals surface area contributed by atoms with Crippen LogP contribution in [0.15, 0.2) is 30.3 Å². The van der Waals surface area contributed by atoms with Crippen LogP contribution in [0.25, 0.3) is 11.0 Å². The molecular weight excluding hydrogens is 334 g/mol. The first kappa shape index (κ1) is 15.2. The van der Waals surface area contributed by atoms with Gasteiger partial charge in [0.15, 0.2) is 11.5 Å². The third-order valence-electron chi connectivity index (χ3n) is 4.64. The maximum absolute atomic E-state index is 12.4.